The number of hydrogen-bond donors (Lipinski definition) is 3. The number of fused-ring (bicyclic) bond motifs is 1. The highest BCUT2D eigenvalue weighted by molar-refractivity contribution is 5.98. The van der Waals surface area contributed by atoms with Gasteiger partial charge in [0.1, 0.15) is 17.7 Å². The largest absolute Gasteiger partial charge is 0.494 e. The number of methoxy groups -OCH3 is 1. The van der Waals surface area contributed by atoms with Crippen molar-refractivity contribution in [2.75, 3.05) is 17.7 Å². The van der Waals surface area contributed by atoms with Crippen LogP contribution in [0.5, 0.6) is 5.75 Å². The number of aromatic nitrogens is 9. The van der Waals surface area contributed by atoms with Crippen LogP contribution in [-0.4, -0.2) is 57.3 Å². The molecule has 0 bridgehead atoms. The van der Waals surface area contributed by atoms with E-state index in [4.69, 9.17) is 10.5 Å². The maximum absolute atomic E-state index is 12.1. The van der Waals surface area contributed by atoms with Crippen molar-refractivity contribution in [2.45, 2.75) is 13.8 Å². The average Bonchev–Trinajstić information content (AvgIpc) is 3.44. The van der Waals surface area contributed by atoms with E-state index in [0.717, 1.165) is 11.4 Å². The molecule has 0 saturated carbocycles. The summed E-state index contributed by atoms with van der Waals surface area (Å²) in [6.07, 6.45) is 2.91. The monoisotopic (exact) mass is 486 g/mol. The third kappa shape index (κ3) is 4.22. The zero-order valence-electron chi connectivity index (χ0n) is 19.9. The molecule has 4 N–H and O–H groups in total. The zero-order chi connectivity index (χ0) is 25.4. The van der Waals surface area contributed by atoms with Crippen LogP contribution in [0.2, 0.25) is 0 Å². The van der Waals surface area contributed by atoms with E-state index >= 15 is 0 Å². The van der Waals surface area contributed by atoms with Gasteiger partial charge in [-0.05, 0) is 32.0 Å². The Hall–Kier alpha value is -5.14. The molecule has 0 aliphatic rings. The van der Waals surface area contributed by atoms with Gasteiger partial charge in [0.25, 0.3) is 17.6 Å². The van der Waals surface area contributed by atoms with Crippen LogP contribution in [0.25, 0.3) is 17.2 Å². The third-order valence-corrected chi connectivity index (χ3v) is 5.21. The number of para-hydroxylation sites is 1. The second kappa shape index (κ2) is 8.90. The highest BCUT2D eigenvalue weighted by atomic mass is 16.5. The van der Waals surface area contributed by atoms with Gasteiger partial charge in [-0.3, -0.25) is 14.8 Å². The molecule has 4 heterocycles. The second-order valence-corrected chi connectivity index (χ2v) is 7.88. The number of nitrogens with one attached hydrogen (secondary N) is 2. The molecule has 5 rings (SSSR count). The molecule has 1 aromatic carbocycles. The van der Waals surface area contributed by atoms with Crippen LogP contribution >= 0.6 is 0 Å². The molecule has 1 amide bonds. The van der Waals surface area contributed by atoms with Crippen molar-refractivity contribution < 1.29 is 9.53 Å². The van der Waals surface area contributed by atoms with E-state index in [9.17, 15) is 4.79 Å². The molecule has 0 fully saturated rings. The van der Waals surface area contributed by atoms with Crippen LogP contribution in [0.3, 0.4) is 0 Å². The number of anilines is 4. The van der Waals surface area contributed by atoms with E-state index in [1.165, 1.54) is 13.3 Å². The summed E-state index contributed by atoms with van der Waals surface area (Å²) in [5.41, 5.74) is 8.54. The van der Waals surface area contributed by atoms with E-state index < -0.39 is 5.91 Å². The van der Waals surface area contributed by atoms with Gasteiger partial charge in [-0.1, -0.05) is 6.07 Å². The normalized spacial score (nSPS) is 11.0. The fraction of sp³-hybridized carbons (Fsp3) is 0.182. The van der Waals surface area contributed by atoms with E-state index in [2.05, 4.69) is 45.8 Å². The van der Waals surface area contributed by atoms with Crippen LogP contribution in [-0.2, 0) is 7.05 Å². The Bertz CT molecular complexity index is 1610. The molecule has 0 saturated heterocycles. The average molecular weight is 487 g/mol. The van der Waals surface area contributed by atoms with Gasteiger partial charge >= 0.3 is 0 Å². The number of rotatable bonds is 7. The molecule has 0 aliphatic carbocycles. The Kier molecular flexibility index (Phi) is 5.60. The number of nitrogens with two attached hydrogens (primary N) is 1. The summed E-state index contributed by atoms with van der Waals surface area (Å²) in [4.78, 5) is 33.8. The fourth-order valence-corrected chi connectivity index (χ4v) is 3.66. The number of carbonyl (C=O) groups excluding carboxylic acids is 1. The topological polar surface area (TPSA) is 176 Å². The van der Waals surface area contributed by atoms with Crippen LogP contribution in [0.1, 0.15) is 21.7 Å². The zero-order valence-corrected chi connectivity index (χ0v) is 19.9. The van der Waals surface area contributed by atoms with Crippen molar-refractivity contribution in [3.63, 3.8) is 0 Å². The van der Waals surface area contributed by atoms with Crippen molar-refractivity contribution in [1.82, 2.24) is 44.3 Å². The van der Waals surface area contributed by atoms with E-state index in [-0.39, 0.29) is 23.3 Å². The number of aryl methyl sites for hydroxylation is 3. The molecule has 0 aliphatic heterocycles. The lowest BCUT2D eigenvalue weighted by Crippen LogP contribution is -2.16. The molecule has 5 aromatic rings. The first-order chi connectivity index (χ1) is 17.3. The number of carbonyl (C=O) groups is 1. The molecule has 0 unspecified atom stereocenters. The highest BCUT2D eigenvalue weighted by Gasteiger charge is 2.19. The van der Waals surface area contributed by atoms with Crippen molar-refractivity contribution in [2.24, 2.45) is 12.8 Å². The molecule has 36 heavy (non-hydrogen) atoms. The maximum atomic E-state index is 12.1. The summed E-state index contributed by atoms with van der Waals surface area (Å²) in [7, 11) is 3.30. The lowest BCUT2D eigenvalue weighted by atomic mass is 10.1. The number of benzene rings is 1. The standard InChI is InChI=1S/C22H22N12O2/c1-11-8-12(2)34-22(26-11)30-21(32-34)29-20-24-9-14(17(23)35)19(28-20)27-15-7-5-6-13(16(15)36-4)18-25-10-33(3)31-18/h5-10H,1-4H3,(H2,23,35)(H2,24,27,28,29,32). The third-order valence-electron chi connectivity index (χ3n) is 5.21. The van der Waals surface area contributed by atoms with Gasteiger partial charge in [0, 0.05) is 24.6 Å². The smallest absolute Gasteiger partial charge is 0.254 e. The Balaban J connectivity index is 1.51. The van der Waals surface area contributed by atoms with Crippen molar-refractivity contribution >= 4 is 35.1 Å². The quantitative estimate of drug-likeness (QED) is 0.306. The van der Waals surface area contributed by atoms with Gasteiger partial charge in [-0.2, -0.15) is 19.6 Å². The summed E-state index contributed by atoms with van der Waals surface area (Å²) >= 11 is 0. The van der Waals surface area contributed by atoms with E-state index in [0.29, 0.717) is 28.6 Å². The van der Waals surface area contributed by atoms with Gasteiger partial charge in [-0.25, -0.2) is 15.0 Å². The van der Waals surface area contributed by atoms with E-state index in [1.54, 1.807) is 34.7 Å². The maximum Gasteiger partial charge on any atom is 0.254 e. The number of amides is 1. The summed E-state index contributed by atoms with van der Waals surface area (Å²) < 4.78 is 8.83. The number of primary amides is 1. The molecule has 0 atom stereocenters. The summed E-state index contributed by atoms with van der Waals surface area (Å²) in [5.74, 6) is 1.24. The first kappa shape index (κ1) is 22.6. The molecule has 182 valence electrons. The predicted octanol–water partition coefficient (Wildman–Crippen LogP) is 1.92. The predicted molar refractivity (Wildman–Crippen MR) is 130 cm³/mol. The van der Waals surface area contributed by atoms with Gasteiger partial charge < -0.3 is 15.8 Å². The molecule has 14 nitrogen and oxygen atoms in total. The molecular formula is C22H22N12O2. The van der Waals surface area contributed by atoms with Crippen LogP contribution in [0.15, 0.2) is 36.8 Å². The minimum atomic E-state index is -0.702. The van der Waals surface area contributed by atoms with Crippen LogP contribution < -0.4 is 21.1 Å². The fourth-order valence-electron chi connectivity index (χ4n) is 3.66. The molecular weight excluding hydrogens is 464 g/mol. The van der Waals surface area contributed by atoms with Crippen molar-refractivity contribution in [3.8, 4) is 17.1 Å². The van der Waals surface area contributed by atoms with Crippen molar-refractivity contribution in [3.05, 3.63) is 53.7 Å². The molecule has 14 heteroatoms. The first-order valence-corrected chi connectivity index (χ1v) is 10.8. The number of nitrogens with zero attached hydrogens (tertiary/aromatic N) is 9. The molecule has 0 spiro atoms. The Labute approximate surface area is 204 Å². The number of hydrogen-bond acceptors (Lipinski definition) is 11. The summed E-state index contributed by atoms with van der Waals surface area (Å²) in [6, 6.07) is 7.30. The Morgan fingerprint density at radius 3 is 2.61 bits per heavy atom. The molecule has 4 aromatic heterocycles. The minimum absolute atomic E-state index is 0.0834. The lowest BCUT2D eigenvalue weighted by Gasteiger charge is -2.15. The van der Waals surface area contributed by atoms with Gasteiger partial charge in [0.05, 0.1) is 18.4 Å². The second-order valence-electron chi connectivity index (χ2n) is 7.88. The summed E-state index contributed by atoms with van der Waals surface area (Å²) in [6.45, 7) is 3.79. The molecule has 0 radical (unpaired) electrons. The Morgan fingerprint density at radius 1 is 1.06 bits per heavy atom. The van der Waals surface area contributed by atoms with Gasteiger partial charge in [0.15, 0.2) is 11.6 Å². The van der Waals surface area contributed by atoms with E-state index in [1.807, 2.05) is 26.0 Å². The highest BCUT2D eigenvalue weighted by Crippen LogP contribution is 2.36. The first-order valence-electron chi connectivity index (χ1n) is 10.8. The number of ether oxygens (including phenoxy) is 1. The SMILES string of the molecule is COc1c(Nc2nc(Nc3nc4nc(C)cc(C)n4n3)ncc2C(N)=O)cccc1-c1ncn(C)n1. The van der Waals surface area contributed by atoms with Crippen LogP contribution in [0.4, 0.5) is 23.4 Å². The Morgan fingerprint density at radius 2 is 1.89 bits per heavy atom. The van der Waals surface area contributed by atoms with Gasteiger partial charge in [0.2, 0.25) is 5.95 Å². The summed E-state index contributed by atoms with van der Waals surface area (Å²) in [5, 5.41) is 14.8. The minimum Gasteiger partial charge on any atom is -0.494 e. The van der Waals surface area contributed by atoms with Gasteiger partial charge in [-0.15, -0.1) is 5.10 Å². The lowest BCUT2D eigenvalue weighted by molar-refractivity contribution is 0.100. The van der Waals surface area contributed by atoms with Crippen LogP contribution in [0, 0.1) is 13.8 Å². The van der Waals surface area contributed by atoms with Crippen molar-refractivity contribution in [1.29, 1.82) is 0 Å².